The van der Waals surface area contributed by atoms with Crippen molar-refractivity contribution in [2.75, 3.05) is 0 Å². The van der Waals surface area contributed by atoms with Crippen LogP contribution in [0.1, 0.15) is 10.4 Å². The molecule has 0 unspecified atom stereocenters. The van der Waals surface area contributed by atoms with E-state index in [1.807, 2.05) is 0 Å². The van der Waals surface area contributed by atoms with E-state index in [0.29, 0.717) is 4.88 Å². The molecule has 0 spiro atoms. The molecule has 0 N–H and O–H groups in total. The summed E-state index contributed by atoms with van der Waals surface area (Å²) in [5.41, 5.74) is -1.07. The van der Waals surface area contributed by atoms with Gasteiger partial charge in [0.15, 0.2) is 23.3 Å². The molecule has 20 heavy (non-hydrogen) atoms. The molecule has 2 rings (SSSR count). The molecule has 0 atom stereocenters. The molecule has 0 saturated heterocycles. The number of thiophene rings is 1. The summed E-state index contributed by atoms with van der Waals surface area (Å²) in [4.78, 5) is 5.26. The Bertz CT molecular complexity index is 613. The van der Waals surface area contributed by atoms with Crippen LogP contribution >= 0.6 is 11.3 Å². The fourth-order valence-electron chi connectivity index (χ4n) is 1.33. The maximum absolute atomic E-state index is 13.3. The van der Waals surface area contributed by atoms with Gasteiger partial charge in [-0.15, -0.1) is 11.3 Å². The first-order valence-corrected chi connectivity index (χ1v) is 6.09. The summed E-state index contributed by atoms with van der Waals surface area (Å²) >= 11 is 1.34. The van der Waals surface area contributed by atoms with Gasteiger partial charge in [-0.1, -0.05) is 11.2 Å². The minimum absolute atomic E-state index is 0.711. The second kappa shape index (κ2) is 6.00. The molecular formula is C12H6F5NOS. The van der Waals surface area contributed by atoms with Gasteiger partial charge in [-0.2, -0.15) is 0 Å². The number of benzene rings is 1. The smallest absolute Gasteiger partial charge is 0.200 e. The van der Waals surface area contributed by atoms with Crippen LogP contribution in [0.5, 0.6) is 0 Å². The summed E-state index contributed by atoms with van der Waals surface area (Å²) < 4.78 is 65.0. The molecule has 0 saturated carbocycles. The first-order chi connectivity index (χ1) is 9.52. The maximum Gasteiger partial charge on any atom is 0.200 e. The van der Waals surface area contributed by atoms with Crippen molar-refractivity contribution in [3.05, 3.63) is 57.0 Å². The van der Waals surface area contributed by atoms with Gasteiger partial charge < -0.3 is 4.84 Å². The van der Waals surface area contributed by atoms with Gasteiger partial charge in [0, 0.05) is 4.88 Å². The lowest BCUT2D eigenvalue weighted by atomic mass is 10.2. The monoisotopic (exact) mass is 307 g/mol. The highest BCUT2D eigenvalue weighted by Gasteiger charge is 2.25. The van der Waals surface area contributed by atoms with Gasteiger partial charge in [-0.05, 0) is 11.4 Å². The number of hydrogen-bond donors (Lipinski definition) is 0. The van der Waals surface area contributed by atoms with Gasteiger partial charge >= 0.3 is 0 Å². The lowest BCUT2D eigenvalue weighted by Crippen LogP contribution is -2.07. The summed E-state index contributed by atoms with van der Waals surface area (Å²) in [6, 6.07) is 3.45. The third-order valence-corrected chi connectivity index (χ3v) is 3.11. The number of halogens is 5. The predicted molar refractivity (Wildman–Crippen MR) is 62.9 cm³/mol. The quantitative estimate of drug-likeness (QED) is 0.275. The molecule has 0 aliphatic carbocycles. The minimum atomic E-state index is -2.20. The van der Waals surface area contributed by atoms with Crippen molar-refractivity contribution >= 4 is 17.6 Å². The zero-order valence-corrected chi connectivity index (χ0v) is 10.5. The van der Waals surface area contributed by atoms with E-state index in [9.17, 15) is 22.0 Å². The van der Waals surface area contributed by atoms with Crippen LogP contribution in [0.25, 0.3) is 0 Å². The van der Waals surface area contributed by atoms with Crippen LogP contribution in [0, 0.1) is 29.1 Å². The maximum atomic E-state index is 13.3. The van der Waals surface area contributed by atoms with Crippen molar-refractivity contribution in [3.63, 3.8) is 0 Å². The van der Waals surface area contributed by atoms with Crippen LogP contribution in [-0.4, -0.2) is 6.21 Å². The van der Waals surface area contributed by atoms with E-state index in [0.717, 1.165) is 0 Å². The Morgan fingerprint density at radius 3 is 2.15 bits per heavy atom. The molecule has 0 radical (unpaired) electrons. The van der Waals surface area contributed by atoms with Gasteiger partial charge in [0.1, 0.15) is 6.61 Å². The Balaban J connectivity index is 2.14. The number of hydrogen-bond acceptors (Lipinski definition) is 3. The molecule has 0 bridgehead atoms. The van der Waals surface area contributed by atoms with Crippen molar-refractivity contribution in [2.45, 2.75) is 6.61 Å². The van der Waals surface area contributed by atoms with Crippen molar-refractivity contribution < 1.29 is 26.8 Å². The topological polar surface area (TPSA) is 21.6 Å². The van der Waals surface area contributed by atoms with E-state index >= 15 is 0 Å². The molecule has 1 aromatic carbocycles. The van der Waals surface area contributed by atoms with Crippen molar-refractivity contribution in [2.24, 2.45) is 5.16 Å². The van der Waals surface area contributed by atoms with E-state index < -0.39 is 41.3 Å². The summed E-state index contributed by atoms with van der Waals surface area (Å²) in [6.07, 6.45) is 1.26. The molecule has 8 heteroatoms. The molecule has 1 aromatic heterocycles. The van der Waals surface area contributed by atoms with Crippen molar-refractivity contribution in [3.8, 4) is 0 Å². The highest BCUT2D eigenvalue weighted by Crippen LogP contribution is 2.23. The van der Waals surface area contributed by atoms with Crippen LogP contribution in [0.4, 0.5) is 22.0 Å². The third kappa shape index (κ3) is 2.79. The fraction of sp³-hybridized carbons (Fsp3) is 0.0833. The molecular weight excluding hydrogens is 301 g/mol. The van der Waals surface area contributed by atoms with E-state index in [-0.39, 0.29) is 0 Å². The van der Waals surface area contributed by atoms with Crippen LogP contribution in [0.15, 0.2) is 22.7 Å². The number of nitrogens with zero attached hydrogens (tertiary/aromatic N) is 1. The average Bonchev–Trinajstić information content (AvgIpc) is 2.95. The highest BCUT2D eigenvalue weighted by atomic mass is 32.1. The molecule has 1 heterocycles. The number of rotatable bonds is 4. The molecule has 0 aliphatic heterocycles. The van der Waals surface area contributed by atoms with Gasteiger partial charge in [0.2, 0.25) is 5.82 Å². The van der Waals surface area contributed by atoms with E-state index in [4.69, 9.17) is 0 Å². The lowest BCUT2D eigenvalue weighted by Gasteiger charge is -2.06. The summed E-state index contributed by atoms with van der Waals surface area (Å²) in [5.74, 6) is -10.1. The van der Waals surface area contributed by atoms with Gasteiger partial charge in [0.05, 0.1) is 11.8 Å². The zero-order valence-electron chi connectivity index (χ0n) is 9.67. The summed E-state index contributed by atoms with van der Waals surface area (Å²) in [7, 11) is 0. The lowest BCUT2D eigenvalue weighted by molar-refractivity contribution is 0.124. The normalized spacial score (nSPS) is 11.2. The standard InChI is InChI=1S/C12H6F5NOS/c13-8-7(9(14)11(16)12(17)10(8)15)5-19-18-4-6-2-1-3-20-6/h1-4H,5H2/b18-4+. The summed E-state index contributed by atoms with van der Waals surface area (Å²) in [5, 5.41) is 5.16. The molecule has 2 aromatic rings. The molecule has 0 aliphatic rings. The van der Waals surface area contributed by atoms with Gasteiger partial charge in [-0.25, -0.2) is 22.0 Å². The van der Waals surface area contributed by atoms with E-state index in [1.54, 1.807) is 17.5 Å². The Kier molecular flexibility index (Phi) is 4.33. The summed E-state index contributed by atoms with van der Waals surface area (Å²) in [6.45, 7) is -0.867. The molecule has 2 nitrogen and oxygen atoms in total. The highest BCUT2D eigenvalue weighted by molar-refractivity contribution is 7.11. The largest absolute Gasteiger partial charge is 0.391 e. The van der Waals surface area contributed by atoms with Crippen LogP contribution < -0.4 is 0 Å². The predicted octanol–water partition coefficient (Wildman–Crippen LogP) is 3.99. The van der Waals surface area contributed by atoms with Crippen LogP contribution in [0.3, 0.4) is 0 Å². The molecule has 0 amide bonds. The fourth-order valence-corrected chi connectivity index (χ4v) is 1.91. The zero-order chi connectivity index (χ0) is 14.7. The van der Waals surface area contributed by atoms with Crippen LogP contribution in [0.2, 0.25) is 0 Å². The first kappa shape index (κ1) is 14.4. The van der Waals surface area contributed by atoms with Crippen LogP contribution in [-0.2, 0) is 11.4 Å². The Morgan fingerprint density at radius 1 is 1.00 bits per heavy atom. The van der Waals surface area contributed by atoms with Crippen molar-refractivity contribution in [1.82, 2.24) is 0 Å². The van der Waals surface area contributed by atoms with E-state index in [1.165, 1.54) is 17.6 Å². The average molecular weight is 307 g/mol. The SMILES string of the molecule is Fc1c(F)c(F)c(CO/N=C/c2cccs2)c(F)c1F. The minimum Gasteiger partial charge on any atom is -0.391 e. The Morgan fingerprint density at radius 2 is 1.60 bits per heavy atom. The van der Waals surface area contributed by atoms with Crippen molar-refractivity contribution in [1.29, 1.82) is 0 Å². The second-order valence-electron chi connectivity index (χ2n) is 3.57. The van der Waals surface area contributed by atoms with Gasteiger partial charge in [0.25, 0.3) is 0 Å². The number of oxime groups is 1. The second-order valence-corrected chi connectivity index (χ2v) is 4.55. The molecule has 0 fully saturated rings. The first-order valence-electron chi connectivity index (χ1n) is 5.21. The molecule has 106 valence electrons. The third-order valence-electron chi connectivity index (χ3n) is 2.31. The Labute approximate surface area is 114 Å². The van der Waals surface area contributed by atoms with E-state index in [2.05, 4.69) is 9.99 Å². The van der Waals surface area contributed by atoms with Gasteiger partial charge in [-0.3, -0.25) is 0 Å². The Hall–Kier alpha value is -1.96.